The fourth-order valence-electron chi connectivity index (χ4n) is 1.71. The Kier molecular flexibility index (Phi) is 2.49. The number of piperidine rings is 1. The number of rotatable bonds is 2. The van der Waals surface area contributed by atoms with Crippen LogP contribution in [0.5, 0.6) is 0 Å². The summed E-state index contributed by atoms with van der Waals surface area (Å²) in [4.78, 5) is 13.8. The minimum atomic E-state index is -0.622. The lowest BCUT2D eigenvalue weighted by Gasteiger charge is -2.29. The van der Waals surface area contributed by atoms with Crippen LogP contribution in [0.1, 0.15) is 25.7 Å². The zero-order valence-electron chi connectivity index (χ0n) is 8.66. The van der Waals surface area contributed by atoms with E-state index in [4.69, 9.17) is 10.5 Å². The quantitative estimate of drug-likeness (QED) is 0.640. The molecule has 14 heavy (non-hydrogen) atoms. The first-order valence-electron chi connectivity index (χ1n) is 5.29. The van der Waals surface area contributed by atoms with E-state index < -0.39 is 5.54 Å². The van der Waals surface area contributed by atoms with Gasteiger partial charge in [0.15, 0.2) is 0 Å². The maximum atomic E-state index is 11.5. The van der Waals surface area contributed by atoms with E-state index in [-0.39, 0.29) is 12.1 Å². The third-order valence-electron chi connectivity index (χ3n) is 3.13. The van der Waals surface area contributed by atoms with E-state index in [0.717, 1.165) is 38.8 Å². The molecule has 2 N–H and O–H groups in total. The number of carbonyl (C=O) groups excluding carboxylic acids is 1. The maximum Gasteiger partial charge on any atom is 0.326 e. The van der Waals surface area contributed by atoms with Gasteiger partial charge in [-0.2, -0.15) is 0 Å². The number of ether oxygens (including phenoxy) is 1. The van der Waals surface area contributed by atoms with Gasteiger partial charge in [0.2, 0.25) is 0 Å². The average Bonchev–Trinajstić information content (AvgIpc) is 2.89. The summed E-state index contributed by atoms with van der Waals surface area (Å²) in [5.41, 5.74) is 5.13. The van der Waals surface area contributed by atoms with Crippen LogP contribution in [0.4, 0.5) is 0 Å². The Morgan fingerprint density at radius 1 is 1.43 bits per heavy atom. The molecular weight excluding hydrogens is 180 g/mol. The minimum absolute atomic E-state index is 0.0970. The van der Waals surface area contributed by atoms with Gasteiger partial charge in [0, 0.05) is 13.1 Å². The molecule has 2 aliphatic rings. The molecule has 2 fully saturated rings. The molecule has 1 aliphatic carbocycles. The highest BCUT2D eigenvalue weighted by molar-refractivity contribution is 5.83. The van der Waals surface area contributed by atoms with E-state index >= 15 is 0 Å². The van der Waals surface area contributed by atoms with Crippen molar-refractivity contribution >= 4 is 5.97 Å². The summed E-state index contributed by atoms with van der Waals surface area (Å²) in [5.74, 6) is -0.188. The highest BCUT2D eigenvalue weighted by atomic mass is 16.5. The molecule has 1 saturated heterocycles. The van der Waals surface area contributed by atoms with Gasteiger partial charge in [0.25, 0.3) is 0 Å². The van der Waals surface area contributed by atoms with E-state index in [1.165, 1.54) is 0 Å². The molecule has 1 heterocycles. The van der Waals surface area contributed by atoms with Gasteiger partial charge in [-0.3, -0.25) is 4.79 Å². The Labute approximate surface area is 84.4 Å². The molecule has 0 atom stereocenters. The summed E-state index contributed by atoms with van der Waals surface area (Å²) < 4.78 is 5.38. The predicted octanol–water partition coefficient (Wildman–Crippen LogP) is 0.115. The van der Waals surface area contributed by atoms with Crippen molar-refractivity contribution in [2.75, 3.05) is 20.1 Å². The lowest BCUT2D eigenvalue weighted by atomic mass is 10.1. The SMILES string of the molecule is CN1CCC(OC(=O)C2(N)CC2)CC1. The van der Waals surface area contributed by atoms with Crippen LogP contribution in [-0.2, 0) is 9.53 Å². The third-order valence-corrected chi connectivity index (χ3v) is 3.13. The molecule has 4 nitrogen and oxygen atoms in total. The minimum Gasteiger partial charge on any atom is -0.461 e. The first-order chi connectivity index (χ1) is 6.60. The number of hydrogen-bond donors (Lipinski definition) is 1. The molecule has 1 saturated carbocycles. The third kappa shape index (κ3) is 2.07. The van der Waals surface area contributed by atoms with Gasteiger partial charge >= 0.3 is 5.97 Å². The van der Waals surface area contributed by atoms with Gasteiger partial charge in [0.05, 0.1) is 0 Å². The van der Waals surface area contributed by atoms with Crippen LogP contribution in [0.3, 0.4) is 0 Å². The molecular formula is C10H18N2O2. The van der Waals surface area contributed by atoms with Crippen LogP contribution in [0.15, 0.2) is 0 Å². The lowest BCUT2D eigenvalue weighted by Crippen LogP contribution is -2.41. The maximum absolute atomic E-state index is 11.5. The van der Waals surface area contributed by atoms with Crippen LogP contribution < -0.4 is 5.73 Å². The van der Waals surface area contributed by atoms with Crippen LogP contribution in [0.2, 0.25) is 0 Å². The van der Waals surface area contributed by atoms with Gasteiger partial charge in [-0.15, -0.1) is 0 Å². The normalized spacial score (nSPS) is 27.3. The summed E-state index contributed by atoms with van der Waals surface area (Å²) in [6.45, 7) is 2.02. The molecule has 0 unspecified atom stereocenters. The second-order valence-electron chi connectivity index (χ2n) is 4.56. The highest BCUT2D eigenvalue weighted by Gasteiger charge is 2.48. The topological polar surface area (TPSA) is 55.6 Å². The van der Waals surface area contributed by atoms with E-state index in [0.29, 0.717) is 0 Å². The molecule has 1 aliphatic heterocycles. The fourth-order valence-corrected chi connectivity index (χ4v) is 1.71. The molecule has 0 aromatic rings. The summed E-state index contributed by atoms with van der Waals surface area (Å²) in [7, 11) is 2.09. The summed E-state index contributed by atoms with van der Waals surface area (Å²) in [6, 6.07) is 0. The second-order valence-corrected chi connectivity index (χ2v) is 4.56. The predicted molar refractivity (Wildman–Crippen MR) is 52.8 cm³/mol. The van der Waals surface area contributed by atoms with E-state index in [9.17, 15) is 4.79 Å². The van der Waals surface area contributed by atoms with Gasteiger partial charge in [0.1, 0.15) is 11.6 Å². The molecule has 0 spiro atoms. The molecule has 0 aromatic heterocycles. The Balaban J connectivity index is 1.78. The highest BCUT2D eigenvalue weighted by Crippen LogP contribution is 2.34. The number of carbonyl (C=O) groups is 1. The zero-order valence-corrected chi connectivity index (χ0v) is 8.66. The van der Waals surface area contributed by atoms with E-state index in [1.807, 2.05) is 0 Å². The van der Waals surface area contributed by atoms with Crippen LogP contribution >= 0.6 is 0 Å². The average molecular weight is 198 g/mol. The van der Waals surface area contributed by atoms with Crippen molar-refractivity contribution in [3.8, 4) is 0 Å². The summed E-state index contributed by atoms with van der Waals surface area (Å²) in [6.07, 6.45) is 3.56. The van der Waals surface area contributed by atoms with E-state index in [2.05, 4.69) is 11.9 Å². The van der Waals surface area contributed by atoms with Crippen molar-refractivity contribution in [1.82, 2.24) is 4.90 Å². The molecule has 0 bridgehead atoms. The number of hydrogen-bond acceptors (Lipinski definition) is 4. The van der Waals surface area contributed by atoms with Crippen molar-refractivity contribution in [1.29, 1.82) is 0 Å². The van der Waals surface area contributed by atoms with Gasteiger partial charge in [-0.05, 0) is 32.7 Å². The Hall–Kier alpha value is -0.610. The van der Waals surface area contributed by atoms with Crippen LogP contribution in [0.25, 0.3) is 0 Å². The molecule has 2 rings (SSSR count). The number of likely N-dealkylation sites (tertiary alicyclic amines) is 1. The number of esters is 1. The van der Waals surface area contributed by atoms with Crippen molar-refractivity contribution in [2.24, 2.45) is 5.73 Å². The molecule has 4 heteroatoms. The van der Waals surface area contributed by atoms with Crippen molar-refractivity contribution in [3.05, 3.63) is 0 Å². The fraction of sp³-hybridized carbons (Fsp3) is 0.900. The molecule has 80 valence electrons. The number of nitrogens with zero attached hydrogens (tertiary/aromatic N) is 1. The summed E-state index contributed by atoms with van der Waals surface area (Å²) in [5, 5.41) is 0. The first-order valence-corrected chi connectivity index (χ1v) is 5.29. The van der Waals surface area contributed by atoms with Crippen LogP contribution in [0, 0.1) is 0 Å². The molecule has 0 amide bonds. The van der Waals surface area contributed by atoms with Crippen LogP contribution in [-0.4, -0.2) is 42.6 Å². The Morgan fingerprint density at radius 3 is 2.50 bits per heavy atom. The second kappa shape index (κ2) is 3.51. The lowest BCUT2D eigenvalue weighted by molar-refractivity contribution is -0.153. The van der Waals surface area contributed by atoms with E-state index in [1.54, 1.807) is 0 Å². The standard InChI is InChI=1S/C10H18N2O2/c1-12-6-2-8(3-7-12)14-9(13)10(11)4-5-10/h8H,2-7,11H2,1H3. The monoisotopic (exact) mass is 198 g/mol. The Bertz CT molecular complexity index is 230. The number of nitrogens with two attached hydrogens (primary N) is 1. The zero-order chi connectivity index (χ0) is 10.2. The molecule has 0 aromatic carbocycles. The first kappa shape index (κ1) is 9.93. The van der Waals surface area contributed by atoms with Gasteiger partial charge < -0.3 is 15.4 Å². The van der Waals surface area contributed by atoms with Gasteiger partial charge in [-0.1, -0.05) is 0 Å². The summed E-state index contributed by atoms with van der Waals surface area (Å²) >= 11 is 0. The van der Waals surface area contributed by atoms with Crippen molar-refractivity contribution in [2.45, 2.75) is 37.3 Å². The molecule has 0 radical (unpaired) electrons. The van der Waals surface area contributed by atoms with Crippen molar-refractivity contribution in [3.63, 3.8) is 0 Å². The van der Waals surface area contributed by atoms with Crippen molar-refractivity contribution < 1.29 is 9.53 Å². The largest absolute Gasteiger partial charge is 0.461 e. The Morgan fingerprint density at radius 2 is 2.00 bits per heavy atom. The van der Waals surface area contributed by atoms with Gasteiger partial charge in [-0.25, -0.2) is 0 Å². The smallest absolute Gasteiger partial charge is 0.326 e.